The van der Waals surface area contributed by atoms with Crippen LogP contribution in [0.15, 0.2) is 22.8 Å². The number of aromatic carboxylic acids is 1. The van der Waals surface area contributed by atoms with E-state index in [4.69, 9.17) is 5.11 Å². The van der Waals surface area contributed by atoms with E-state index in [2.05, 4.69) is 4.42 Å². The topological polar surface area (TPSA) is 50.4 Å². The van der Waals surface area contributed by atoms with Gasteiger partial charge in [0.05, 0.1) is 6.26 Å². The number of carboxylic acids is 1. The van der Waals surface area contributed by atoms with Crippen LogP contribution in [-0.2, 0) is 0 Å². The van der Waals surface area contributed by atoms with Gasteiger partial charge in [-0.25, -0.2) is 4.79 Å². The average Bonchev–Trinajstić information content (AvgIpc) is 2.12. The summed E-state index contributed by atoms with van der Waals surface area (Å²) in [5.41, 5.74) is 0. The van der Waals surface area contributed by atoms with Crippen LogP contribution in [0.25, 0.3) is 0 Å². The van der Waals surface area contributed by atoms with E-state index in [0.717, 1.165) is 0 Å². The molecule has 1 aromatic heterocycles. The van der Waals surface area contributed by atoms with Crippen LogP contribution in [0.5, 0.6) is 0 Å². The fourth-order valence-electron chi connectivity index (χ4n) is 0.400. The van der Waals surface area contributed by atoms with Gasteiger partial charge in [0.2, 0.25) is 5.76 Å². The van der Waals surface area contributed by atoms with Gasteiger partial charge >= 0.3 is 57.4 Å². The maximum atomic E-state index is 9.97. The van der Waals surface area contributed by atoms with Crippen molar-refractivity contribution in [2.24, 2.45) is 0 Å². The Labute approximate surface area is 96.0 Å². The van der Waals surface area contributed by atoms with Gasteiger partial charge in [-0.05, 0) is 12.1 Å². The molecule has 0 saturated heterocycles. The molecule has 4 heteroatoms. The molecule has 1 heterocycles. The maximum Gasteiger partial charge on any atom is 1.00 e. The molecule has 0 saturated carbocycles. The second-order valence-electron chi connectivity index (χ2n) is 1.28. The molecule has 0 spiro atoms. The Balaban J connectivity index is 0. The molecule has 0 aliphatic carbocycles. The number of furan rings is 1. The van der Waals surface area contributed by atoms with E-state index < -0.39 is 5.97 Å². The summed E-state index contributed by atoms with van der Waals surface area (Å²) in [7, 11) is 0. The predicted octanol–water partition coefficient (Wildman–Crippen LogP) is -1.91. The number of rotatable bonds is 1. The summed E-state index contributed by atoms with van der Waals surface area (Å²) in [4.78, 5) is 9.97. The Hall–Kier alpha value is 0.386. The van der Waals surface area contributed by atoms with E-state index in [-0.39, 0.29) is 58.6 Å². The molecule has 0 fully saturated rings. The van der Waals surface area contributed by atoms with Crippen molar-refractivity contribution in [1.29, 1.82) is 0 Å². The van der Waals surface area contributed by atoms with Crippen molar-refractivity contribution in [3.05, 3.63) is 24.2 Å². The number of carbonyl (C=O) groups is 1. The van der Waals surface area contributed by atoms with Crippen LogP contribution in [0.2, 0.25) is 0 Å². The number of hydrogen-bond acceptors (Lipinski definition) is 2. The molecule has 0 aliphatic heterocycles. The van der Waals surface area contributed by atoms with Gasteiger partial charge in [-0.1, -0.05) is 0 Å². The molecule has 0 aliphatic rings. The van der Waals surface area contributed by atoms with Crippen LogP contribution in [0.3, 0.4) is 0 Å². The van der Waals surface area contributed by atoms with Crippen LogP contribution in [0.4, 0.5) is 0 Å². The van der Waals surface area contributed by atoms with Crippen molar-refractivity contribution in [1.82, 2.24) is 0 Å². The third-order valence-electron chi connectivity index (χ3n) is 0.732. The van der Waals surface area contributed by atoms with Gasteiger partial charge in [-0.15, -0.1) is 0 Å². The van der Waals surface area contributed by atoms with Gasteiger partial charge in [-0.3, -0.25) is 0 Å². The molecule has 44 valence electrons. The van der Waals surface area contributed by atoms with Gasteiger partial charge in [0.1, 0.15) is 0 Å². The summed E-state index contributed by atoms with van der Waals surface area (Å²) in [6.07, 6.45) is 1.32. The SMILES string of the molecule is O=C(O)c1ccco1.[H-].[K+]. The first-order valence-electron chi connectivity index (χ1n) is 2.07. The monoisotopic (exact) mass is 152 g/mol. The zero-order valence-electron chi connectivity index (χ0n) is 6.00. The number of carboxylic acid groups (broad SMARTS) is 1. The standard InChI is InChI=1S/C5H4O3.K.H/c6-5(7)4-2-1-3-8-4;;/h1-3H,(H,6,7);;/q;+1;-1. The van der Waals surface area contributed by atoms with Crippen LogP contribution >= 0.6 is 0 Å². The minimum absolute atomic E-state index is 0. The largest absolute Gasteiger partial charge is 1.00 e. The fraction of sp³-hybridized carbons (Fsp3) is 0. The van der Waals surface area contributed by atoms with E-state index >= 15 is 0 Å². The van der Waals surface area contributed by atoms with Gasteiger partial charge in [0.25, 0.3) is 0 Å². The minimum atomic E-state index is -1.03. The first-order chi connectivity index (χ1) is 3.80. The summed E-state index contributed by atoms with van der Waals surface area (Å²) in [6, 6.07) is 2.92. The first-order valence-corrected chi connectivity index (χ1v) is 2.07. The van der Waals surface area contributed by atoms with E-state index in [9.17, 15) is 4.79 Å². The van der Waals surface area contributed by atoms with Crippen molar-refractivity contribution in [3.8, 4) is 0 Å². The summed E-state index contributed by atoms with van der Waals surface area (Å²) >= 11 is 0. The molecular formula is C5H5KO3. The molecule has 0 bridgehead atoms. The number of hydrogen-bond donors (Lipinski definition) is 1. The fourth-order valence-corrected chi connectivity index (χ4v) is 0.400. The third kappa shape index (κ3) is 2.64. The summed E-state index contributed by atoms with van der Waals surface area (Å²) in [6.45, 7) is 0. The van der Waals surface area contributed by atoms with Crippen molar-refractivity contribution < 1.29 is 67.1 Å². The Morgan fingerprint density at radius 1 is 1.78 bits per heavy atom. The average molecular weight is 152 g/mol. The van der Waals surface area contributed by atoms with Gasteiger partial charge < -0.3 is 11.0 Å². The molecule has 0 unspecified atom stereocenters. The molecule has 0 aromatic carbocycles. The van der Waals surface area contributed by atoms with E-state index in [1.807, 2.05) is 0 Å². The quantitative estimate of drug-likeness (QED) is 0.478. The molecule has 0 amide bonds. The van der Waals surface area contributed by atoms with Gasteiger partial charge in [0, 0.05) is 0 Å². The van der Waals surface area contributed by atoms with Crippen LogP contribution in [0, 0.1) is 0 Å². The second-order valence-corrected chi connectivity index (χ2v) is 1.28. The molecule has 0 atom stereocenters. The molecule has 9 heavy (non-hydrogen) atoms. The van der Waals surface area contributed by atoms with Crippen LogP contribution in [-0.4, -0.2) is 11.1 Å². The van der Waals surface area contributed by atoms with E-state index in [1.165, 1.54) is 18.4 Å². The first kappa shape index (κ1) is 9.39. The van der Waals surface area contributed by atoms with Crippen LogP contribution < -0.4 is 51.4 Å². The Morgan fingerprint density at radius 3 is 2.67 bits per heavy atom. The smallest absolute Gasteiger partial charge is 1.00 e. The third-order valence-corrected chi connectivity index (χ3v) is 0.732. The summed E-state index contributed by atoms with van der Waals surface area (Å²) in [5.74, 6) is -1.06. The molecule has 1 N–H and O–H groups in total. The molecule has 1 aromatic rings. The van der Waals surface area contributed by atoms with Crippen molar-refractivity contribution in [3.63, 3.8) is 0 Å². The predicted molar refractivity (Wildman–Crippen MR) is 26.8 cm³/mol. The maximum absolute atomic E-state index is 9.97. The minimum Gasteiger partial charge on any atom is -1.00 e. The molecule has 0 radical (unpaired) electrons. The van der Waals surface area contributed by atoms with Crippen molar-refractivity contribution >= 4 is 5.97 Å². The van der Waals surface area contributed by atoms with Crippen molar-refractivity contribution in [2.45, 2.75) is 0 Å². The van der Waals surface area contributed by atoms with Gasteiger partial charge in [-0.2, -0.15) is 0 Å². The summed E-state index contributed by atoms with van der Waals surface area (Å²) < 4.78 is 4.50. The summed E-state index contributed by atoms with van der Waals surface area (Å²) in [5, 5.41) is 8.18. The van der Waals surface area contributed by atoms with E-state index in [0.29, 0.717) is 0 Å². The normalized spacial score (nSPS) is 8.00. The molecule has 3 nitrogen and oxygen atoms in total. The van der Waals surface area contributed by atoms with Crippen LogP contribution in [0.1, 0.15) is 12.0 Å². The Morgan fingerprint density at radius 2 is 2.44 bits per heavy atom. The molecular weight excluding hydrogens is 147 g/mol. The second kappa shape index (κ2) is 4.24. The molecule has 1 rings (SSSR count). The Kier molecular flexibility index (Phi) is 4.42. The van der Waals surface area contributed by atoms with Gasteiger partial charge in [0.15, 0.2) is 0 Å². The zero-order valence-corrected chi connectivity index (χ0v) is 8.12. The zero-order chi connectivity index (χ0) is 5.98. The Bertz CT molecular complexity index is 185. The van der Waals surface area contributed by atoms with Crippen molar-refractivity contribution in [2.75, 3.05) is 0 Å². The van der Waals surface area contributed by atoms with E-state index in [1.54, 1.807) is 0 Å².